The zero-order valence-electron chi connectivity index (χ0n) is 11.9. The minimum absolute atomic E-state index is 0.300. The van der Waals surface area contributed by atoms with Crippen LogP contribution in [0.4, 0.5) is 5.95 Å². The lowest BCUT2D eigenvalue weighted by atomic mass is 10.0. The zero-order chi connectivity index (χ0) is 13.5. The van der Waals surface area contributed by atoms with Gasteiger partial charge in [-0.15, -0.1) is 5.10 Å². The standard InChI is InChI=1S/C13H25N5/c1-5-10-11(6-2)17-18-13(15-10)16-12(7-8-14)9(3)4/h9,12H,5-8,14H2,1-4H3,(H,15,16,18). The van der Waals surface area contributed by atoms with Crippen LogP contribution in [-0.4, -0.2) is 27.8 Å². The van der Waals surface area contributed by atoms with Gasteiger partial charge in [0.15, 0.2) is 0 Å². The molecule has 0 spiro atoms. The molecule has 5 nitrogen and oxygen atoms in total. The van der Waals surface area contributed by atoms with Gasteiger partial charge in [0.25, 0.3) is 0 Å². The highest BCUT2D eigenvalue weighted by Gasteiger charge is 2.14. The Hall–Kier alpha value is -1.23. The van der Waals surface area contributed by atoms with Gasteiger partial charge in [0.05, 0.1) is 11.4 Å². The van der Waals surface area contributed by atoms with Crippen molar-refractivity contribution in [2.75, 3.05) is 11.9 Å². The summed E-state index contributed by atoms with van der Waals surface area (Å²) < 4.78 is 0. The monoisotopic (exact) mass is 251 g/mol. The molecule has 0 aliphatic rings. The Morgan fingerprint density at radius 3 is 2.28 bits per heavy atom. The van der Waals surface area contributed by atoms with Gasteiger partial charge in [-0.1, -0.05) is 27.7 Å². The predicted octanol–water partition coefficient (Wildman–Crippen LogP) is 1.78. The lowest BCUT2D eigenvalue weighted by Crippen LogP contribution is -2.29. The second-order valence-electron chi connectivity index (χ2n) is 4.81. The van der Waals surface area contributed by atoms with E-state index in [-0.39, 0.29) is 0 Å². The molecule has 0 aromatic carbocycles. The fraction of sp³-hybridized carbons (Fsp3) is 0.769. The van der Waals surface area contributed by atoms with Gasteiger partial charge < -0.3 is 11.1 Å². The molecule has 1 atom stereocenters. The first-order chi connectivity index (χ1) is 8.62. The van der Waals surface area contributed by atoms with Gasteiger partial charge in [-0.2, -0.15) is 5.10 Å². The minimum atomic E-state index is 0.300. The van der Waals surface area contributed by atoms with Crippen LogP contribution in [0, 0.1) is 5.92 Å². The van der Waals surface area contributed by atoms with Crippen LogP contribution >= 0.6 is 0 Å². The summed E-state index contributed by atoms with van der Waals surface area (Å²) in [7, 11) is 0. The van der Waals surface area contributed by atoms with Crippen molar-refractivity contribution in [1.82, 2.24) is 15.2 Å². The fourth-order valence-corrected chi connectivity index (χ4v) is 1.92. The Kier molecular flexibility index (Phi) is 5.98. The van der Waals surface area contributed by atoms with Crippen LogP contribution in [0.3, 0.4) is 0 Å². The Morgan fingerprint density at radius 2 is 1.78 bits per heavy atom. The molecule has 0 fully saturated rings. The van der Waals surface area contributed by atoms with E-state index in [1.807, 2.05) is 0 Å². The van der Waals surface area contributed by atoms with Gasteiger partial charge in [-0.25, -0.2) is 4.98 Å². The molecule has 0 bridgehead atoms. The zero-order valence-corrected chi connectivity index (χ0v) is 11.9. The normalized spacial score (nSPS) is 12.8. The van der Waals surface area contributed by atoms with Gasteiger partial charge in [0, 0.05) is 6.04 Å². The van der Waals surface area contributed by atoms with Gasteiger partial charge in [0.1, 0.15) is 0 Å². The molecule has 1 heterocycles. The van der Waals surface area contributed by atoms with Gasteiger partial charge in [0.2, 0.25) is 5.95 Å². The number of anilines is 1. The molecule has 18 heavy (non-hydrogen) atoms. The van der Waals surface area contributed by atoms with E-state index in [1.165, 1.54) is 0 Å². The van der Waals surface area contributed by atoms with E-state index in [1.54, 1.807) is 0 Å². The highest BCUT2D eigenvalue weighted by Crippen LogP contribution is 2.12. The van der Waals surface area contributed by atoms with Crippen molar-refractivity contribution in [3.8, 4) is 0 Å². The maximum absolute atomic E-state index is 5.63. The summed E-state index contributed by atoms with van der Waals surface area (Å²) in [6.07, 6.45) is 2.68. The summed E-state index contributed by atoms with van der Waals surface area (Å²) >= 11 is 0. The second kappa shape index (κ2) is 7.26. The van der Waals surface area contributed by atoms with E-state index >= 15 is 0 Å². The average molecular weight is 251 g/mol. The Balaban J connectivity index is 2.83. The average Bonchev–Trinajstić information content (AvgIpc) is 2.37. The molecule has 0 radical (unpaired) electrons. The van der Waals surface area contributed by atoms with E-state index in [0.29, 0.717) is 24.5 Å². The summed E-state index contributed by atoms with van der Waals surface area (Å²) in [5.74, 6) is 1.12. The van der Waals surface area contributed by atoms with Crippen molar-refractivity contribution >= 4 is 5.95 Å². The molecule has 3 N–H and O–H groups in total. The number of nitrogens with two attached hydrogens (primary N) is 1. The molecule has 1 unspecified atom stereocenters. The first-order valence-electron chi connectivity index (χ1n) is 6.81. The highest BCUT2D eigenvalue weighted by molar-refractivity contribution is 5.27. The number of aryl methyl sites for hydroxylation is 2. The first-order valence-corrected chi connectivity index (χ1v) is 6.81. The minimum Gasteiger partial charge on any atom is -0.350 e. The number of nitrogens with one attached hydrogen (secondary N) is 1. The smallest absolute Gasteiger partial charge is 0.243 e. The topological polar surface area (TPSA) is 76.7 Å². The third kappa shape index (κ3) is 3.91. The van der Waals surface area contributed by atoms with Crippen LogP contribution in [0.25, 0.3) is 0 Å². The SMILES string of the molecule is CCc1nnc(NC(CCN)C(C)C)nc1CC. The fourth-order valence-electron chi connectivity index (χ4n) is 1.92. The number of nitrogens with zero attached hydrogens (tertiary/aromatic N) is 3. The summed E-state index contributed by atoms with van der Waals surface area (Å²) in [6.45, 7) is 9.16. The molecule has 0 amide bonds. The molecule has 0 saturated heterocycles. The third-order valence-corrected chi connectivity index (χ3v) is 3.11. The molecule has 0 saturated carbocycles. The maximum atomic E-state index is 5.63. The summed E-state index contributed by atoms with van der Waals surface area (Å²) in [5.41, 5.74) is 7.65. The molecular weight excluding hydrogens is 226 g/mol. The van der Waals surface area contributed by atoms with E-state index in [0.717, 1.165) is 30.7 Å². The summed E-state index contributed by atoms with van der Waals surface area (Å²) in [4.78, 5) is 4.54. The van der Waals surface area contributed by atoms with Gasteiger partial charge in [-0.3, -0.25) is 0 Å². The third-order valence-electron chi connectivity index (χ3n) is 3.11. The van der Waals surface area contributed by atoms with Crippen LogP contribution < -0.4 is 11.1 Å². The Labute approximate surface area is 110 Å². The Morgan fingerprint density at radius 1 is 1.11 bits per heavy atom. The van der Waals surface area contributed by atoms with E-state index < -0.39 is 0 Å². The van der Waals surface area contributed by atoms with Gasteiger partial charge >= 0.3 is 0 Å². The summed E-state index contributed by atoms with van der Waals surface area (Å²) in [6, 6.07) is 0.300. The molecule has 0 aliphatic carbocycles. The molecule has 5 heteroatoms. The predicted molar refractivity (Wildman–Crippen MR) is 74.5 cm³/mol. The number of hydrogen-bond acceptors (Lipinski definition) is 5. The van der Waals surface area contributed by atoms with E-state index in [9.17, 15) is 0 Å². The molecule has 1 rings (SSSR count). The maximum Gasteiger partial charge on any atom is 0.243 e. The van der Waals surface area contributed by atoms with Crippen LogP contribution in [0.2, 0.25) is 0 Å². The number of aromatic nitrogens is 3. The van der Waals surface area contributed by atoms with Crippen molar-refractivity contribution in [1.29, 1.82) is 0 Å². The second-order valence-corrected chi connectivity index (χ2v) is 4.81. The van der Waals surface area contributed by atoms with Gasteiger partial charge in [-0.05, 0) is 31.7 Å². The van der Waals surface area contributed by atoms with Crippen molar-refractivity contribution in [2.45, 2.75) is 53.0 Å². The van der Waals surface area contributed by atoms with Crippen molar-refractivity contribution in [3.05, 3.63) is 11.4 Å². The van der Waals surface area contributed by atoms with Crippen molar-refractivity contribution in [2.24, 2.45) is 11.7 Å². The first kappa shape index (κ1) is 14.8. The van der Waals surface area contributed by atoms with Crippen molar-refractivity contribution in [3.63, 3.8) is 0 Å². The van der Waals surface area contributed by atoms with Crippen molar-refractivity contribution < 1.29 is 0 Å². The molecular formula is C13H25N5. The van der Waals surface area contributed by atoms with Crippen LogP contribution in [0.1, 0.15) is 45.5 Å². The van der Waals surface area contributed by atoms with Crippen LogP contribution in [-0.2, 0) is 12.8 Å². The molecule has 0 aliphatic heterocycles. The van der Waals surface area contributed by atoms with Crippen LogP contribution in [0.15, 0.2) is 0 Å². The molecule has 1 aromatic rings. The number of hydrogen-bond donors (Lipinski definition) is 2. The molecule has 1 aromatic heterocycles. The summed E-state index contributed by atoms with van der Waals surface area (Å²) in [5, 5.41) is 11.7. The molecule has 102 valence electrons. The lowest BCUT2D eigenvalue weighted by Gasteiger charge is -2.21. The lowest BCUT2D eigenvalue weighted by molar-refractivity contribution is 0.494. The van der Waals surface area contributed by atoms with E-state index in [2.05, 4.69) is 48.2 Å². The number of rotatable bonds is 7. The van der Waals surface area contributed by atoms with Crippen LogP contribution in [0.5, 0.6) is 0 Å². The highest BCUT2D eigenvalue weighted by atomic mass is 15.2. The van der Waals surface area contributed by atoms with E-state index in [4.69, 9.17) is 5.73 Å². The quantitative estimate of drug-likeness (QED) is 0.772. The Bertz CT molecular complexity index is 364. The largest absolute Gasteiger partial charge is 0.350 e.